The summed E-state index contributed by atoms with van der Waals surface area (Å²) in [5.41, 5.74) is 5.36. The van der Waals surface area contributed by atoms with Crippen LogP contribution in [0.2, 0.25) is 0 Å². The van der Waals surface area contributed by atoms with E-state index in [1.54, 1.807) is 0 Å². The molecule has 0 fully saturated rings. The van der Waals surface area contributed by atoms with Crippen molar-refractivity contribution in [1.82, 2.24) is 0 Å². The predicted molar refractivity (Wildman–Crippen MR) is 74.4 cm³/mol. The molecular formula is C15H18S. The van der Waals surface area contributed by atoms with Crippen LogP contribution in [0.1, 0.15) is 36.1 Å². The Hall–Kier alpha value is -0.950. The molecule has 0 aliphatic heterocycles. The molecule has 1 aliphatic rings. The summed E-state index contributed by atoms with van der Waals surface area (Å²) >= 11 is 4.58. The molecule has 1 heteroatoms. The minimum absolute atomic E-state index is 0.0931. The van der Waals surface area contributed by atoms with E-state index in [1.807, 2.05) is 0 Å². The summed E-state index contributed by atoms with van der Waals surface area (Å²) in [7, 11) is 0. The molecule has 0 aromatic heterocycles. The third-order valence-corrected chi connectivity index (χ3v) is 4.05. The molecule has 84 valence electrons. The molecule has 0 spiro atoms. The molecule has 0 saturated heterocycles. The first-order chi connectivity index (χ1) is 7.43. The van der Waals surface area contributed by atoms with E-state index in [1.165, 1.54) is 22.3 Å². The van der Waals surface area contributed by atoms with Crippen molar-refractivity contribution in [1.29, 1.82) is 0 Å². The van der Waals surface area contributed by atoms with Crippen LogP contribution in [0, 0.1) is 13.8 Å². The fraction of sp³-hybridized carbons (Fsp3) is 0.333. The van der Waals surface area contributed by atoms with Gasteiger partial charge in [-0.05, 0) is 36.1 Å². The molecule has 0 nitrogen and oxygen atoms in total. The Balaban J connectivity index is 2.80. The number of thiol groups is 1. The summed E-state index contributed by atoms with van der Waals surface area (Å²) in [6.07, 6.45) is 8.69. The Morgan fingerprint density at radius 3 is 2.50 bits per heavy atom. The Kier molecular flexibility index (Phi) is 2.75. The number of fused-ring (bicyclic) bond motifs is 1. The molecule has 0 heterocycles. The Labute approximate surface area is 103 Å². The van der Waals surface area contributed by atoms with Gasteiger partial charge >= 0.3 is 0 Å². The molecule has 0 bridgehead atoms. The van der Waals surface area contributed by atoms with Crippen molar-refractivity contribution in [2.24, 2.45) is 0 Å². The van der Waals surface area contributed by atoms with E-state index in [0.29, 0.717) is 0 Å². The van der Waals surface area contributed by atoms with Gasteiger partial charge in [-0.25, -0.2) is 0 Å². The van der Waals surface area contributed by atoms with Crippen molar-refractivity contribution in [3.05, 3.63) is 46.5 Å². The minimum atomic E-state index is 0.0931. The topological polar surface area (TPSA) is 0 Å². The Morgan fingerprint density at radius 1 is 1.12 bits per heavy atom. The highest BCUT2D eigenvalue weighted by Gasteiger charge is 2.23. The summed E-state index contributed by atoms with van der Waals surface area (Å²) < 4.78 is 0. The smallest absolute Gasteiger partial charge is 0.0105 e. The molecule has 0 unspecified atom stereocenters. The highest BCUT2D eigenvalue weighted by molar-refractivity contribution is 7.80. The first-order valence-corrected chi connectivity index (χ1v) is 6.08. The van der Waals surface area contributed by atoms with E-state index in [4.69, 9.17) is 0 Å². The monoisotopic (exact) mass is 230 g/mol. The highest BCUT2D eigenvalue weighted by atomic mass is 32.1. The summed E-state index contributed by atoms with van der Waals surface area (Å²) in [5, 5.41) is 0. The van der Waals surface area contributed by atoms with Gasteiger partial charge in [0.05, 0.1) is 0 Å². The Morgan fingerprint density at radius 2 is 1.81 bits per heavy atom. The second-order valence-corrected chi connectivity index (χ2v) is 5.52. The fourth-order valence-electron chi connectivity index (χ4n) is 2.27. The second-order valence-electron chi connectivity index (χ2n) is 5.07. The molecule has 0 amide bonds. The van der Waals surface area contributed by atoms with Gasteiger partial charge in [-0.2, -0.15) is 0 Å². The van der Waals surface area contributed by atoms with Crippen LogP contribution in [-0.2, 0) is 5.41 Å². The molecule has 0 saturated carbocycles. The van der Waals surface area contributed by atoms with Gasteiger partial charge in [-0.3, -0.25) is 0 Å². The number of benzene rings is 1. The fourth-order valence-corrected chi connectivity index (χ4v) is 2.46. The third kappa shape index (κ3) is 1.73. The first kappa shape index (κ1) is 11.5. The SMILES string of the molecule is Cc1cc2c(c(C)c1S)C=CC=CC2(C)C. The van der Waals surface area contributed by atoms with E-state index in [2.05, 4.69) is 70.7 Å². The van der Waals surface area contributed by atoms with E-state index in [9.17, 15) is 0 Å². The van der Waals surface area contributed by atoms with Crippen LogP contribution in [0.5, 0.6) is 0 Å². The van der Waals surface area contributed by atoms with E-state index < -0.39 is 0 Å². The summed E-state index contributed by atoms with van der Waals surface area (Å²) in [4.78, 5) is 1.11. The zero-order chi connectivity index (χ0) is 11.9. The van der Waals surface area contributed by atoms with Crippen LogP contribution >= 0.6 is 12.6 Å². The average Bonchev–Trinajstić information content (AvgIpc) is 2.36. The van der Waals surface area contributed by atoms with Crippen molar-refractivity contribution in [2.45, 2.75) is 38.0 Å². The number of rotatable bonds is 0. The molecule has 1 aliphatic carbocycles. The van der Waals surface area contributed by atoms with Gasteiger partial charge in [0, 0.05) is 10.3 Å². The maximum absolute atomic E-state index is 4.58. The van der Waals surface area contributed by atoms with Gasteiger partial charge in [0.2, 0.25) is 0 Å². The Bertz CT molecular complexity index is 491. The zero-order valence-electron chi connectivity index (χ0n) is 10.3. The molecule has 1 aromatic carbocycles. The number of hydrogen-bond acceptors (Lipinski definition) is 1. The van der Waals surface area contributed by atoms with Crippen LogP contribution in [0.25, 0.3) is 6.08 Å². The van der Waals surface area contributed by atoms with Crippen molar-refractivity contribution in [3.8, 4) is 0 Å². The lowest BCUT2D eigenvalue weighted by Crippen LogP contribution is -2.15. The minimum Gasteiger partial charge on any atom is -0.143 e. The summed E-state index contributed by atoms with van der Waals surface area (Å²) in [6, 6.07) is 2.27. The zero-order valence-corrected chi connectivity index (χ0v) is 11.2. The third-order valence-electron chi connectivity index (χ3n) is 3.36. The van der Waals surface area contributed by atoms with Crippen molar-refractivity contribution in [3.63, 3.8) is 0 Å². The highest BCUT2D eigenvalue weighted by Crippen LogP contribution is 2.36. The lowest BCUT2D eigenvalue weighted by molar-refractivity contribution is 0.666. The van der Waals surface area contributed by atoms with Crippen molar-refractivity contribution >= 4 is 18.7 Å². The number of hydrogen-bond donors (Lipinski definition) is 1. The number of aryl methyl sites for hydroxylation is 1. The average molecular weight is 230 g/mol. The van der Waals surface area contributed by atoms with Gasteiger partial charge in [0.1, 0.15) is 0 Å². The normalized spacial score (nSPS) is 17.1. The lowest BCUT2D eigenvalue weighted by atomic mass is 9.80. The van der Waals surface area contributed by atoms with Crippen LogP contribution < -0.4 is 0 Å². The van der Waals surface area contributed by atoms with Crippen LogP contribution in [0.3, 0.4) is 0 Å². The molecule has 0 radical (unpaired) electrons. The van der Waals surface area contributed by atoms with Crippen molar-refractivity contribution < 1.29 is 0 Å². The summed E-state index contributed by atoms with van der Waals surface area (Å²) in [5.74, 6) is 0. The van der Waals surface area contributed by atoms with Gasteiger partial charge < -0.3 is 0 Å². The van der Waals surface area contributed by atoms with Gasteiger partial charge in [0.25, 0.3) is 0 Å². The quantitative estimate of drug-likeness (QED) is 0.625. The van der Waals surface area contributed by atoms with E-state index >= 15 is 0 Å². The largest absolute Gasteiger partial charge is 0.143 e. The standard InChI is InChI=1S/C15H18S/c1-10-9-13-12(11(2)14(10)16)7-5-6-8-15(13,3)4/h5-9,16H,1-4H3. The molecule has 1 aromatic rings. The van der Waals surface area contributed by atoms with Gasteiger partial charge in [0.15, 0.2) is 0 Å². The van der Waals surface area contributed by atoms with Gasteiger partial charge in [-0.15, -0.1) is 12.6 Å². The number of allylic oxidation sites excluding steroid dienone is 3. The van der Waals surface area contributed by atoms with E-state index in [-0.39, 0.29) is 5.41 Å². The summed E-state index contributed by atoms with van der Waals surface area (Å²) in [6.45, 7) is 8.79. The lowest BCUT2D eigenvalue weighted by Gasteiger charge is -2.25. The molecule has 0 atom stereocenters. The van der Waals surface area contributed by atoms with Crippen LogP contribution in [0.15, 0.2) is 29.2 Å². The maximum atomic E-state index is 4.58. The molecule has 16 heavy (non-hydrogen) atoms. The predicted octanol–water partition coefficient (Wildman–Crippen LogP) is 4.45. The first-order valence-electron chi connectivity index (χ1n) is 5.63. The van der Waals surface area contributed by atoms with Crippen LogP contribution in [-0.4, -0.2) is 0 Å². The maximum Gasteiger partial charge on any atom is 0.0105 e. The van der Waals surface area contributed by atoms with Crippen molar-refractivity contribution in [2.75, 3.05) is 0 Å². The van der Waals surface area contributed by atoms with Crippen LogP contribution in [0.4, 0.5) is 0 Å². The molecule has 2 rings (SSSR count). The molecular weight excluding hydrogens is 212 g/mol. The molecule has 0 N–H and O–H groups in total. The van der Waals surface area contributed by atoms with Gasteiger partial charge in [-0.1, -0.05) is 44.2 Å². The second kappa shape index (κ2) is 3.81. The van der Waals surface area contributed by atoms with E-state index in [0.717, 1.165) is 4.90 Å².